The van der Waals surface area contributed by atoms with Crippen LogP contribution >= 0.6 is 12.4 Å². The van der Waals surface area contributed by atoms with Crippen molar-refractivity contribution in [2.24, 2.45) is 16.5 Å². The Morgan fingerprint density at radius 2 is 1.39 bits per heavy atom. The molecule has 0 unspecified atom stereocenters. The number of nitrogens with zero attached hydrogens (tertiary/aromatic N) is 1. The summed E-state index contributed by atoms with van der Waals surface area (Å²) in [5, 5.41) is 47.2. The van der Waals surface area contributed by atoms with Gasteiger partial charge in [0.05, 0.1) is 5.56 Å². The Kier molecular flexibility index (Phi) is 21.0. The number of nitrogens with one attached hydrogen (secondary N) is 2. The highest BCUT2D eigenvalue weighted by atomic mass is 35.5. The largest absolute Gasteiger partial charge is 0.504 e. The summed E-state index contributed by atoms with van der Waals surface area (Å²) in [6, 6.07) is 0.989. The highest BCUT2D eigenvalue weighted by molar-refractivity contribution is 5.95. The maximum Gasteiger partial charge on any atom is 0.336 e. The van der Waals surface area contributed by atoms with E-state index in [1.54, 1.807) is 0 Å². The third-order valence-corrected chi connectivity index (χ3v) is 5.43. The molecule has 10 N–H and O–H groups in total. The van der Waals surface area contributed by atoms with Gasteiger partial charge in [-0.1, -0.05) is 78.1 Å². The van der Waals surface area contributed by atoms with E-state index in [1.165, 1.54) is 44.9 Å². The number of carboxylic acids is 1. The van der Waals surface area contributed by atoms with E-state index < -0.39 is 23.2 Å². The van der Waals surface area contributed by atoms with Crippen LogP contribution in [0.15, 0.2) is 11.1 Å². The fourth-order valence-corrected chi connectivity index (χ4v) is 3.45. The minimum atomic E-state index is -1.22. The highest BCUT2D eigenvalue weighted by Gasteiger charge is 2.20. The van der Waals surface area contributed by atoms with E-state index in [1.807, 2.05) is 0 Å². The van der Waals surface area contributed by atoms with Gasteiger partial charge in [0.25, 0.3) is 0 Å². The maximum atomic E-state index is 11.2. The van der Waals surface area contributed by atoms with Crippen molar-refractivity contribution in [2.75, 3.05) is 6.54 Å². The molecule has 1 aromatic carbocycles. The summed E-state index contributed by atoms with van der Waals surface area (Å²) in [6.07, 6.45) is 14.1. The number of guanidine groups is 2. The van der Waals surface area contributed by atoms with Gasteiger partial charge in [-0.2, -0.15) is 0 Å². The van der Waals surface area contributed by atoms with E-state index in [-0.39, 0.29) is 35.5 Å². The molecule has 0 aliphatic heterocycles. The molecule has 1 aromatic rings. The van der Waals surface area contributed by atoms with Crippen LogP contribution < -0.4 is 16.8 Å². The van der Waals surface area contributed by atoms with Crippen molar-refractivity contribution >= 4 is 30.3 Å². The normalized spacial score (nSPS) is 10.7. The van der Waals surface area contributed by atoms with Gasteiger partial charge in [0.2, 0.25) is 5.75 Å². The van der Waals surface area contributed by atoms with Crippen LogP contribution in [0.4, 0.5) is 0 Å². The SMILES string of the molecule is CCCCCCCCCCCCc1c(C(=O)O)cc(O)c(O)c1O.CCCCN=C(N)NC(=N)N.Cl. The van der Waals surface area contributed by atoms with Gasteiger partial charge in [-0.15, -0.1) is 12.4 Å². The Hall–Kier alpha value is -2.88. The number of aromatic carboxylic acids is 1. The quantitative estimate of drug-likeness (QED) is 0.0670. The van der Waals surface area contributed by atoms with Crippen LogP contribution in [0.25, 0.3) is 0 Å². The third-order valence-electron chi connectivity index (χ3n) is 5.43. The van der Waals surface area contributed by atoms with Crippen molar-refractivity contribution in [2.45, 2.75) is 97.3 Å². The summed E-state index contributed by atoms with van der Waals surface area (Å²) in [4.78, 5) is 15.1. The number of aliphatic imine (C=N–C) groups is 1. The molecule has 0 saturated heterocycles. The van der Waals surface area contributed by atoms with Crippen LogP contribution in [0.3, 0.4) is 0 Å². The van der Waals surface area contributed by atoms with Gasteiger partial charge >= 0.3 is 5.97 Å². The van der Waals surface area contributed by atoms with Crippen molar-refractivity contribution in [1.82, 2.24) is 5.32 Å². The number of carboxylic acid groups (broad SMARTS) is 1. The molecule has 0 fully saturated rings. The summed E-state index contributed by atoms with van der Waals surface area (Å²) in [5.41, 5.74) is 10.4. The van der Waals surface area contributed by atoms with Crippen LogP contribution in [0.1, 0.15) is 107 Å². The second-order valence-electron chi connectivity index (χ2n) is 8.52. The lowest BCUT2D eigenvalue weighted by Gasteiger charge is -2.11. The van der Waals surface area contributed by atoms with E-state index >= 15 is 0 Å². The number of aromatic hydroxyl groups is 3. The van der Waals surface area contributed by atoms with Gasteiger partial charge in [0.15, 0.2) is 23.4 Å². The number of phenols is 3. The molecule has 0 radical (unpaired) electrons. The molecule has 208 valence electrons. The Bertz CT molecular complexity index is 806. The first-order valence-corrected chi connectivity index (χ1v) is 12.6. The Morgan fingerprint density at radius 3 is 1.86 bits per heavy atom. The first-order chi connectivity index (χ1) is 16.6. The summed E-state index contributed by atoms with van der Waals surface area (Å²) >= 11 is 0. The summed E-state index contributed by atoms with van der Waals surface area (Å²) in [5.74, 6) is -2.97. The van der Waals surface area contributed by atoms with Gasteiger partial charge < -0.3 is 31.9 Å². The number of nitrogens with two attached hydrogens (primary N) is 2. The number of unbranched alkanes of at least 4 members (excludes halogenated alkanes) is 10. The predicted octanol–water partition coefficient (Wildman–Crippen LogP) is 4.97. The van der Waals surface area contributed by atoms with Crippen molar-refractivity contribution in [1.29, 1.82) is 5.41 Å². The minimum absolute atomic E-state index is 0. The van der Waals surface area contributed by atoms with Gasteiger partial charge in [0.1, 0.15) is 0 Å². The molecular weight excluding hydrogens is 486 g/mol. The molecule has 0 aliphatic rings. The smallest absolute Gasteiger partial charge is 0.336 e. The number of hydrogen-bond acceptors (Lipinski definition) is 6. The number of benzene rings is 1. The molecule has 0 aliphatic carbocycles. The molecule has 36 heavy (non-hydrogen) atoms. The van der Waals surface area contributed by atoms with E-state index in [9.17, 15) is 20.1 Å². The second-order valence-corrected chi connectivity index (χ2v) is 8.52. The zero-order valence-corrected chi connectivity index (χ0v) is 22.5. The second kappa shape index (κ2) is 21.4. The molecule has 0 bridgehead atoms. The number of carbonyl (C=O) groups is 1. The fraction of sp³-hybridized carbons (Fsp3) is 0.640. The fourth-order valence-electron chi connectivity index (χ4n) is 3.45. The van der Waals surface area contributed by atoms with Crippen molar-refractivity contribution in [3.8, 4) is 17.2 Å². The Balaban J connectivity index is 0. The molecule has 1 rings (SSSR count). The number of rotatable bonds is 15. The Labute approximate surface area is 221 Å². The third kappa shape index (κ3) is 15.9. The molecule has 11 heteroatoms. The summed E-state index contributed by atoms with van der Waals surface area (Å²) in [7, 11) is 0. The molecule has 0 spiro atoms. The molecule has 0 aromatic heterocycles. The first kappa shape index (κ1) is 35.3. The zero-order chi connectivity index (χ0) is 26.6. The monoisotopic (exact) mass is 531 g/mol. The van der Waals surface area contributed by atoms with Crippen LogP contribution in [-0.4, -0.2) is 44.9 Å². The maximum absolute atomic E-state index is 11.2. The minimum Gasteiger partial charge on any atom is -0.504 e. The molecule has 0 amide bonds. The zero-order valence-electron chi connectivity index (χ0n) is 21.7. The average molecular weight is 532 g/mol. The number of phenolic OH excluding ortho intramolecular Hbond substituents is 3. The lowest BCUT2D eigenvalue weighted by atomic mass is 9.98. The van der Waals surface area contributed by atoms with Crippen molar-refractivity contribution in [3.05, 3.63) is 17.2 Å². The van der Waals surface area contributed by atoms with Crippen molar-refractivity contribution < 1.29 is 25.2 Å². The molecular formula is C25H46ClN5O5. The predicted molar refractivity (Wildman–Crippen MR) is 148 cm³/mol. The van der Waals surface area contributed by atoms with E-state index in [4.69, 9.17) is 22.0 Å². The highest BCUT2D eigenvalue weighted by Crippen LogP contribution is 2.40. The number of halogens is 1. The van der Waals surface area contributed by atoms with Crippen LogP contribution in [0.5, 0.6) is 17.2 Å². The number of hydrogen-bond donors (Lipinski definition) is 8. The molecule has 0 saturated carbocycles. The van der Waals surface area contributed by atoms with E-state index in [0.717, 1.165) is 38.2 Å². The van der Waals surface area contributed by atoms with Gasteiger partial charge in [-0.05, 0) is 25.3 Å². The van der Waals surface area contributed by atoms with Gasteiger partial charge in [-0.25, -0.2) is 4.79 Å². The Morgan fingerprint density at radius 1 is 0.889 bits per heavy atom. The van der Waals surface area contributed by atoms with Crippen molar-refractivity contribution in [3.63, 3.8) is 0 Å². The standard InChI is InChI=1S/C19H30O5.C6H15N5.ClH/c1-2-3-4-5-6-7-8-9-10-11-12-14-15(19(23)24)13-16(20)18(22)17(14)21;1-2-3-4-10-6(9)11-5(7)8;/h13,20-22H,2-12H2,1H3,(H,23,24);2-4H2,1H3,(H6,7,8,9,10,11);1H. The van der Waals surface area contributed by atoms with Crippen LogP contribution in [0.2, 0.25) is 0 Å². The first-order valence-electron chi connectivity index (χ1n) is 12.6. The summed E-state index contributed by atoms with van der Waals surface area (Å²) in [6.45, 7) is 4.97. The average Bonchev–Trinajstić information content (AvgIpc) is 2.79. The molecule has 10 nitrogen and oxygen atoms in total. The summed E-state index contributed by atoms with van der Waals surface area (Å²) < 4.78 is 0. The van der Waals surface area contributed by atoms with Crippen LogP contribution in [0, 0.1) is 5.41 Å². The topological polar surface area (TPSA) is 198 Å². The lowest BCUT2D eigenvalue weighted by Crippen LogP contribution is -2.40. The molecule has 0 atom stereocenters. The molecule has 0 heterocycles. The lowest BCUT2D eigenvalue weighted by molar-refractivity contribution is 0.0694. The van der Waals surface area contributed by atoms with Gasteiger partial charge in [0, 0.05) is 12.1 Å². The van der Waals surface area contributed by atoms with Gasteiger partial charge in [-0.3, -0.25) is 15.7 Å². The van der Waals surface area contributed by atoms with E-state index in [0.29, 0.717) is 13.0 Å². The van der Waals surface area contributed by atoms with Crippen LogP contribution in [-0.2, 0) is 6.42 Å². The van der Waals surface area contributed by atoms with E-state index in [2.05, 4.69) is 24.2 Å².